The predicted octanol–water partition coefficient (Wildman–Crippen LogP) is 3.16. The van der Waals surface area contributed by atoms with Crippen LogP contribution in [0.1, 0.15) is 0 Å². The van der Waals surface area contributed by atoms with Crippen LogP contribution in [0.4, 0.5) is 0 Å². The van der Waals surface area contributed by atoms with Gasteiger partial charge in [0.2, 0.25) is 0 Å². The minimum absolute atomic E-state index is 0.390. The van der Waals surface area contributed by atoms with Crippen molar-refractivity contribution in [2.24, 2.45) is 0 Å². The number of aromatic nitrogens is 4. The van der Waals surface area contributed by atoms with E-state index in [2.05, 4.69) is 15.3 Å². The quantitative estimate of drug-likeness (QED) is 0.682. The molecule has 3 heterocycles. The van der Waals surface area contributed by atoms with Crippen molar-refractivity contribution in [2.75, 3.05) is 0 Å². The lowest BCUT2D eigenvalue weighted by Gasteiger charge is -1.96. The predicted molar refractivity (Wildman–Crippen MR) is 64.1 cm³/mol. The highest BCUT2D eigenvalue weighted by Crippen LogP contribution is 2.31. The van der Waals surface area contributed by atoms with Crippen LogP contribution in [0.5, 0.6) is 0 Å². The largest absolute Gasteiger partial charge is 0.196 e. The zero-order valence-corrected chi connectivity index (χ0v) is 10.1. The molecular formula is C9H4Cl2N4S. The van der Waals surface area contributed by atoms with Gasteiger partial charge in [0.05, 0.1) is 9.90 Å². The van der Waals surface area contributed by atoms with Crippen LogP contribution in [-0.4, -0.2) is 19.8 Å². The Morgan fingerprint density at radius 1 is 1.12 bits per heavy atom. The van der Waals surface area contributed by atoms with Crippen LogP contribution in [0.2, 0.25) is 10.2 Å². The summed E-state index contributed by atoms with van der Waals surface area (Å²) in [5.74, 6) is 0.609. The number of hydrogen-bond donors (Lipinski definition) is 0. The molecule has 3 aromatic heterocycles. The molecule has 0 N–H and O–H groups in total. The summed E-state index contributed by atoms with van der Waals surface area (Å²) in [4.78, 5) is 0.837. The van der Waals surface area contributed by atoms with Crippen molar-refractivity contribution in [1.29, 1.82) is 0 Å². The van der Waals surface area contributed by atoms with Gasteiger partial charge in [-0.15, -0.1) is 21.5 Å². The Labute approximate surface area is 104 Å². The molecule has 3 aromatic rings. The maximum Gasteiger partial charge on any atom is 0.196 e. The van der Waals surface area contributed by atoms with Crippen molar-refractivity contribution >= 4 is 40.2 Å². The Bertz CT molecular complexity index is 660. The van der Waals surface area contributed by atoms with Crippen molar-refractivity contribution in [3.05, 3.63) is 33.8 Å². The van der Waals surface area contributed by atoms with Gasteiger partial charge in [0, 0.05) is 0 Å². The van der Waals surface area contributed by atoms with Crippen molar-refractivity contribution in [3.8, 4) is 10.7 Å². The van der Waals surface area contributed by atoms with E-state index in [1.54, 1.807) is 16.6 Å². The van der Waals surface area contributed by atoms with E-state index in [0.29, 0.717) is 21.6 Å². The smallest absolute Gasteiger partial charge is 0.190 e. The highest BCUT2D eigenvalue weighted by Gasteiger charge is 2.13. The van der Waals surface area contributed by atoms with E-state index in [9.17, 15) is 0 Å². The van der Waals surface area contributed by atoms with Crippen LogP contribution in [0.25, 0.3) is 16.3 Å². The number of hydrogen-bond acceptors (Lipinski definition) is 4. The molecule has 0 spiro atoms. The molecule has 0 bridgehead atoms. The molecule has 80 valence electrons. The van der Waals surface area contributed by atoms with Crippen LogP contribution in [-0.2, 0) is 0 Å². The molecule has 0 amide bonds. The standard InChI is InChI=1S/C9H4Cl2N4S/c10-5-3-4-16-8(5)9-13-12-7-2-1-6(11)14-15(7)9/h1-4H. The average Bonchev–Trinajstić information content (AvgIpc) is 2.83. The van der Waals surface area contributed by atoms with E-state index in [4.69, 9.17) is 23.2 Å². The first-order valence-electron chi connectivity index (χ1n) is 4.37. The summed E-state index contributed by atoms with van der Waals surface area (Å²) < 4.78 is 1.58. The van der Waals surface area contributed by atoms with Gasteiger partial charge in [-0.05, 0) is 23.6 Å². The molecule has 0 atom stereocenters. The molecule has 16 heavy (non-hydrogen) atoms. The fourth-order valence-electron chi connectivity index (χ4n) is 1.36. The highest BCUT2D eigenvalue weighted by atomic mass is 35.5. The molecule has 0 radical (unpaired) electrons. The molecule has 0 aromatic carbocycles. The molecule has 0 fully saturated rings. The van der Waals surface area contributed by atoms with Crippen LogP contribution in [0, 0.1) is 0 Å². The third kappa shape index (κ3) is 1.48. The average molecular weight is 271 g/mol. The zero-order valence-electron chi connectivity index (χ0n) is 7.76. The van der Waals surface area contributed by atoms with E-state index < -0.39 is 0 Å². The second-order valence-corrected chi connectivity index (χ2v) is 4.76. The zero-order chi connectivity index (χ0) is 11.1. The summed E-state index contributed by atoms with van der Waals surface area (Å²) >= 11 is 13.4. The molecule has 0 aliphatic rings. The molecule has 0 saturated carbocycles. The first kappa shape index (κ1) is 10.0. The molecule has 0 aliphatic carbocycles. The summed E-state index contributed by atoms with van der Waals surface area (Å²) in [6.45, 7) is 0. The SMILES string of the molecule is Clc1ccc2nnc(-c3sccc3Cl)n2n1. The molecule has 3 rings (SSSR count). The number of rotatable bonds is 1. The summed E-state index contributed by atoms with van der Waals surface area (Å²) in [7, 11) is 0. The summed E-state index contributed by atoms with van der Waals surface area (Å²) in [5, 5.41) is 15.1. The molecule has 0 unspecified atom stereocenters. The van der Waals surface area contributed by atoms with Gasteiger partial charge in [0.1, 0.15) is 5.15 Å². The second kappa shape index (κ2) is 3.69. The van der Waals surface area contributed by atoms with Crippen molar-refractivity contribution in [1.82, 2.24) is 19.8 Å². The number of fused-ring (bicyclic) bond motifs is 1. The molecular weight excluding hydrogens is 267 g/mol. The van der Waals surface area contributed by atoms with Gasteiger partial charge in [-0.25, -0.2) is 0 Å². The highest BCUT2D eigenvalue weighted by molar-refractivity contribution is 7.14. The molecule has 4 nitrogen and oxygen atoms in total. The monoisotopic (exact) mass is 270 g/mol. The van der Waals surface area contributed by atoms with Gasteiger partial charge in [-0.2, -0.15) is 9.61 Å². The fourth-order valence-corrected chi connectivity index (χ4v) is 2.61. The minimum atomic E-state index is 0.390. The minimum Gasteiger partial charge on any atom is -0.190 e. The lowest BCUT2D eigenvalue weighted by atomic mass is 10.4. The number of halogens is 2. The summed E-state index contributed by atoms with van der Waals surface area (Å²) in [5.41, 5.74) is 0.642. The lowest BCUT2D eigenvalue weighted by Crippen LogP contribution is -1.93. The normalized spacial score (nSPS) is 11.1. The Kier molecular flexibility index (Phi) is 2.31. The van der Waals surface area contributed by atoms with Crippen molar-refractivity contribution < 1.29 is 0 Å². The van der Waals surface area contributed by atoms with Crippen molar-refractivity contribution in [3.63, 3.8) is 0 Å². The van der Waals surface area contributed by atoms with Gasteiger partial charge in [0.25, 0.3) is 0 Å². The fraction of sp³-hybridized carbons (Fsp3) is 0. The van der Waals surface area contributed by atoms with Gasteiger partial charge in [-0.1, -0.05) is 23.2 Å². The van der Waals surface area contributed by atoms with E-state index in [-0.39, 0.29) is 0 Å². The van der Waals surface area contributed by atoms with E-state index in [0.717, 1.165) is 4.88 Å². The van der Waals surface area contributed by atoms with Crippen LogP contribution in [0.15, 0.2) is 23.6 Å². The maximum absolute atomic E-state index is 6.04. The van der Waals surface area contributed by atoms with Crippen LogP contribution < -0.4 is 0 Å². The van der Waals surface area contributed by atoms with Gasteiger partial charge in [0.15, 0.2) is 11.5 Å². The van der Waals surface area contributed by atoms with Crippen LogP contribution in [0.3, 0.4) is 0 Å². The van der Waals surface area contributed by atoms with E-state index in [1.165, 1.54) is 11.3 Å². The van der Waals surface area contributed by atoms with E-state index >= 15 is 0 Å². The topological polar surface area (TPSA) is 43.1 Å². The maximum atomic E-state index is 6.04. The Balaban J connectivity index is 2.32. The lowest BCUT2D eigenvalue weighted by molar-refractivity contribution is 0.939. The van der Waals surface area contributed by atoms with Crippen LogP contribution >= 0.6 is 34.5 Å². The summed E-state index contributed by atoms with van der Waals surface area (Å²) in [6, 6.07) is 5.24. The third-order valence-electron chi connectivity index (χ3n) is 2.05. The van der Waals surface area contributed by atoms with Gasteiger partial charge < -0.3 is 0 Å². The molecule has 0 saturated heterocycles. The first-order chi connectivity index (χ1) is 7.75. The summed E-state index contributed by atoms with van der Waals surface area (Å²) in [6.07, 6.45) is 0. The Morgan fingerprint density at radius 3 is 2.75 bits per heavy atom. The van der Waals surface area contributed by atoms with E-state index in [1.807, 2.05) is 11.4 Å². The van der Waals surface area contributed by atoms with Crippen molar-refractivity contribution in [2.45, 2.75) is 0 Å². The van der Waals surface area contributed by atoms with Gasteiger partial charge in [-0.3, -0.25) is 0 Å². The van der Waals surface area contributed by atoms with Gasteiger partial charge >= 0.3 is 0 Å². The number of thiophene rings is 1. The third-order valence-corrected chi connectivity index (χ3v) is 3.59. The second-order valence-electron chi connectivity index (χ2n) is 3.05. The first-order valence-corrected chi connectivity index (χ1v) is 6.00. The Morgan fingerprint density at radius 2 is 2.00 bits per heavy atom. The molecule has 7 heteroatoms. The molecule has 0 aliphatic heterocycles. The number of nitrogens with zero attached hydrogens (tertiary/aromatic N) is 4. The Hall–Kier alpha value is -1.17.